The second-order valence-corrected chi connectivity index (χ2v) is 4.95. The van der Waals surface area contributed by atoms with Crippen LogP contribution in [0.2, 0.25) is 0 Å². The number of benzene rings is 2. The number of esters is 2. The number of carbonyl (C=O) groups excluding carboxylic acids is 2. The van der Waals surface area contributed by atoms with Crippen LogP contribution in [-0.2, 0) is 9.53 Å². The zero-order valence-electron chi connectivity index (χ0n) is 13.4. The first-order chi connectivity index (χ1) is 11.6. The molecule has 5 nitrogen and oxygen atoms in total. The van der Waals surface area contributed by atoms with Gasteiger partial charge in [-0.15, -0.1) is 0 Å². The molecule has 0 heterocycles. The lowest BCUT2D eigenvalue weighted by molar-refractivity contribution is -0.138. The van der Waals surface area contributed by atoms with Crippen LogP contribution in [0.3, 0.4) is 0 Å². The highest BCUT2D eigenvalue weighted by molar-refractivity contribution is 5.91. The molecular formula is C19H18O5. The predicted octanol–water partition coefficient (Wildman–Crippen LogP) is 3.32. The summed E-state index contributed by atoms with van der Waals surface area (Å²) in [6.07, 6.45) is 1.09. The number of aryl methyl sites for hydroxylation is 1. The third kappa shape index (κ3) is 5.28. The maximum Gasteiger partial charge on any atom is 0.343 e. The molecule has 5 heteroatoms. The minimum atomic E-state index is -0.493. The van der Waals surface area contributed by atoms with Crippen molar-refractivity contribution in [3.63, 3.8) is 0 Å². The van der Waals surface area contributed by atoms with Gasteiger partial charge in [0.25, 0.3) is 0 Å². The highest BCUT2D eigenvalue weighted by atomic mass is 16.6. The molecule has 0 aliphatic carbocycles. The molecule has 0 aliphatic rings. The Morgan fingerprint density at radius 1 is 0.958 bits per heavy atom. The summed E-state index contributed by atoms with van der Waals surface area (Å²) in [7, 11) is 0. The Bertz CT molecular complexity index is 702. The Morgan fingerprint density at radius 2 is 1.58 bits per heavy atom. The van der Waals surface area contributed by atoms with Gasteiger partial charge >= 0.3 is 11.9 Å². The van der Waals surface area contributed by atoms with Crippen molar-refractivity contribution in [1.29, 1.82) is 0 Å². The Balaban J connectivity index is 1.84. The second kappa shape index (κ2) is 8.53. The van der Waals surface area contributed by atoms with E-state index in [1.807, 2.05) is 19.1 Å². The highest BCUT2D eigenvalue weighted by Crippen LogP contribution is 2.16. The van der Waals surface area contributed by atoms with Crippen molar-refractivity contribution in [2.45, 2.75) is 6.92 Å². The first kappa shape index (κ1) is 17.3. The van der Waals surface area contributed by atoms with E-state index in [9.17, 15) is 9.59 Å². The molecule has 0 unspecified atom stereocenters. The first-order valence-corrected chi connectivity index (χ1v) is 7.39. The van der Waals surface area contributed by atoms with Crippen molar-refractivity contribution in [3.8, 4) is 11.5 Å². The molecule has 2 aromatic rings. The molecule has 0 fully saturated rings. The number of rotatable bonds is 7. The lowest BCUT2D eigenvalue weighted by atomic mass is 10.2. The molecule has 0 aromatic heterocycles. The van der Waals surface area contributed by atoms with Gasteiger partial charge in [0.1, 0.15) is 24.7 Å². The van der Waals surface area contributed by atoms with Gasteiger partial charge in [-0.05, 0) is 43.3 Å². The highest BCUT2D eigenvalue weighted by Gasteiger charge is 2.08. The maximum absolute atomic E-state index is 12.0. The first-order valence-electron chi connectivity index (χ1n) is 7.39. The Morgan fingerprint density at radius 3 is 2.21 bits per heavy atom. The SMILES string of the molecule is C=CC(=O)OCCOc1ccc(C(=O)Oc2ccc(C)cc2)cc1. The number of carbonyl (C=O) groups is 2. The van der Waals surface area contributed by atoms with Crippen LogP contribution in [-0.4, -0.2) is 25.2 Å². The molecule has 24 heavy (non-hydrogen) atoms. The largest absolute Gasteiger partial charge is 0.490 e. The van der Waals surface area contributed by atoms with Crippen LogP contribution in [0.4, 0.5) is 0 Å². The zero-order chi connectivity index (χ0) is 17.4. The third-order valence-corrected chi connectivity index (χ3v) is 3.08. The molecule has 2 aromatic carbocycles. The summed E-state index contributed by atoms with van der Waals surface area (Å²) in [6.45, 7) is 5.60. The van der Waals surface area contributed by atoms with Crippen molar-refractivity contribution in [2.24, 2.45) is 0 Å². The van der Waals surface area contributed by atoms with Gasteiger partial charge in [0, 0.05) is 6.08 Å². The topological polar surface area (TPSA) is 61.8 Å². The molecule has 0 amide bonds. The van der Waals surface area contributed by atoms with Crippen LogP contribution >= 0.6 is 0 Å². The van der Waals surface area contributed by atoms with Crippen molar-refractivity contribution < 1.29 is 23.8 Å². The molecular weight excluding hydrogens is 308 g/mol. The Hall–Kier alpha value is -3.08. The summed E-state index contributed by atoms with van der Waals surface area (Å²) in [6, 6.07) is 13.8. The minimum absolute atomic E-state index is 0.127. The number of hydrogen-bond acceptors (Lipinski definition) is 5. The smallest absolute Gasteiger partial charge is 0.343 e. The fraction of sp³-hybridized carbons (Fsp3) is 0.158. The fourth-order valence-electron chi connectivity index (χ4n) is 1.82. The van der Waals surface area contributed by atoms with Gasteiger partial charge in [-0.25, -0.2) is 9.59 Å². The molecule has 0 bridgehead atoms. The van der Waals surface area contributed by atoms with E-state index in [2.05, 4.69) is 6.58 Å². The Kier molecular flexibility index (Phi) is 6.14. The molecule has 0 atom stereocenters. The predicted molar refractivity (Wildman–Crippen MR) is 89.2 cm³/mol. The van der Waals surface area contributed by atoms with Crippen LogP contribution in [0.1, 0.15) is 15.9 Å². The fourth-order valence-corrected chi connectivity index (χ4v) is 1.82. The van der Waals surface area contributed by atoms with Crippen LogP contribution in [0, 0.1) is 6.92 Å². The summed E-state index contributed by atoms with van der Waals surface area (Å²) >= 11 is 0. The van der Waals surface area contributed by atoms with E-state index in [0.717, 1.165) is 11.6 Å². The molecule has 0 aliphatic heterocycles. The zero-order valence-corrected chi connectivity index (χ0v) is 13.4. The van der Waals surface area contributed by atoms with Gasteiger partial charge in [-0.3, -0.25) is 0 Å². The van der Waals surface area contributed by atoms with Crippen molar-refractivity contribution >= 4 is 11.9 Å². The van der Waals surface area contributed by atoms with Crippen molar-refractivity contribution in [2.75, 3.05) is 13.2 Å². The monoisotopic (exact) mass is 326 g/mol. The van der Waals surface area contributed by atoms with E-state index in [4.69, 9.17) is 14.2 Å². The number of hydrogen-bond donors (Lipinski definition) is 0. The van der Waals surface area contributed by atoms with Gasteiger partial charge < -0.3 is 14.2 Å². The molecule has 124 valence electrons. The van der Waals surface area contributed by atoms with Gasteiger partial charge in [-0.1, -0.05) is 24.3 Å². The summed E-state index contributed by atoms with van der Waals surface area (Å²) < 4.78 is 15.5. The third-order valence-electron chi connectivity index (χ3n) is 3.08. The number of ether oxygens (including phenoxy) is 3. The molecule has 0 saturated heterocycles. The van der Waals surface area contributed by atoms with E-state index < -0.39 is 11.9 Å². The van der Waals surface area contributed by atoms with Crippen molar-refractivity contribution in [3.05, 3.63) is 72.3 Å². The molecule has 2 rings (SSSR count). The average molecular weight is 326 g/mol. The van der Waals surface area contributed by atoms with Crippen LogP contribution in [0.5, 0.6) is 11.5 Å². The van der Waals surface area contributed by atoms with Crippen LogP contribution in [0.25, 0.3) is 0 Å². The summed E-state index contributed by atoms with van der Waals surface area (Å²) in [5.74, 6) is 0.129. The lowest BCUT2D eigenvalue weighted by Gasteiger charge is -2.08. The van der Waals surface area contributed by atoms with Crippen LogP contribution in [0.15, 0.2) is 61.2 Å². The maximum atomic E-state index is 12.0. The summed E-state index contributed by atoms with van der Waals surface area (Å²) in [5.41, 5.74) is 1.51. The molecule has 0 spiro atoms. The molecule has 0 N–H and O–H groups in total. The van der Waals surface area contributed by atoms with Gasteiger partial charge in [0.15, 0.2) is 0 Å². The summed E-state index contributed by atoms with van der Waals surface area (Å²) in [4.78, 5) is 22.9. The van der Waals surface area contributed by atoms with E-state index >= 15 is 0 Å². The average Bonchev–Trinajstić information content (AvgIpc) is 2.61. The van der Waals surface area contributed by atoms with E-state index in [0.29, 0.717) is 17.1 Å². The van der Waals surface area contributed by atoms with E-state index in [-0.39, 0.29) is 13.2 Å². The van der Waals surface area contributed by atoms with Crippen molar-refractivity contribution in [1.82, 2.24) is 0 Å². The standard InChI is InChI=1S/C19H18O5/c1-3-18(20)23-13-12-22-16-10-6-15(7-11-16)19(21)24-17-8-4-14(2)5-9-17/h3-11H,1,12-13H2,2H3. The minimum Gasteiger partial charge on any atom is -0.490 e. The summed E-state index contributed by atoms with van der Waals surface area (Å²) in [5, 5.41) is 0. The van der Waals surface area contributed by atoms with E-state index in [1.165, 1.54) is 0 Å². The quantitative estimate of drug-likeness (QED) is 0.338. The molecule has 0 saturated carbocycles. The Labute approximate surface area is 140 Å². The van der Waals surface area contributed by atoms with Crippen LogP contribution < -0.4 is 9.47 Å². The van der Waals surface area contributed by atoms with E-state index in [1.54, 1.807) is 36.4 Å². The lowest BCUT2D eigenvalue weighted by Crippen LogP contribution is -2.11. The normalized spacial score (nSPS) is 9.88. The molecule has 0 radical (unpaired) electrons. The second-order valence-electron chi connectivity index (χ2n) is 4.95. The van der Waals surface area contributed by atoms with Gasteiger partial charge in [-0.2, -0.15) is 0 Å². The van der Waals surface area contributed by atoms with Gasteiger partial charge in [0.05, 0.1) is 5.56 Å². The van der Waals surface area contributed by atoms with Gasteiger partial charge in [0.2, 0.25) is 0 Å².